The highest BCUT2D eigenvalue weighted by molar-refractivity contribution is 5.41. The first-order valence-electron chi connectivity index (χ1n) is 36.5. The van der Waals surface area contributed by atoms with Crippen molar-refractivity contribution in [1.82, 2.24) is 0 Å². The zero-order chi connectivity index (χ0) is 73.0. The molecule has 2 fully saturated rings. The van der Waals surface area contributed by atoms with Crippen LogP contribution in [0, 0.1) is 114 Å². The van der Waals surface area contributed by atoms with Crippen molar-refractivity contribution in [3.05, 3.63) is 69.3 Å². The minimum absolute atomic E-state index is 0.0469. The van der Waals surface area contributed by atoms with Crippen molar-refractivity contribution in [3.8, 4) is 0 Å². The molecule has 2 unspecified atom stereocenters. The van der Waals surface area contributed by atoms with Crippen LogP contribution in [-0.2, 0) is 10.8 Å². The van der Waals surface area contributed by atoms with Gasteiger partial charge >= 0.3 is 0 Å². The zero-order valence-corrected chi connectivity index (χ0v) is 60.8. The summed E-state index contributed by atoms with van der Waals surface area (Å²) in [5.41, 5.74) is 10.2. The van der Waals surface area contributed by atoms with Gasteiger partial charge in [-0.15, -0.1) is 0 Å². The second kappa shape index (κ2) is 34.9. The first-order valence-corrected chi connectivity index (χ1v) is 31.0. The van der Waals surface area contributed by atoms with Crippen LogP contribution in [0.2, 0.25) is 0 Å². The van der Waals surface area contributed by atoms with Gasteiger partial charge in [-0.3, -0.25) is 0 Å². The van der Waals surface area contributed by atoms with Crippen molar-refractivity contribution in [2.24, 2.45) is 79.2 Å². The van der Waals surface area contributed by atoms with Crippen molar-refractivity contribution in [3.63, 3.8) is 0 Å². The third-order valence-electron chi connectivity index (χ3n) is 16.2. The molecule has 2 aromatic rings. The van der Waals surface area contributed by atoms with E-state index >= 15 is 0 Å². The maximum atomic E-state index is 8.27. The predicted octanol–water partition coefficient (Wildman–Crippen LogP) is 27.2. The van der Waals surface area contributed by atoms with Crippen LogP contribution in [-0.4, -0.2) is 0 Å². The number of hydrogen-bond donors (Lipinski definition) is 0. The third kappa shape index (κ3) is 37.5. The Morgan fingerprint density at radius 2 is 0.756 bits per heavy atom. The summed E-state index contributed by atoms with van der Waals surface area (Å²) >= 11 is 0. The largest absolute Gasteiger partial charge is 0.0651 e. The lowest BCUT2D eigenvalue weighted by Crippen LogP contribution is -2.29. The van der Waals surface area contributed by atoms with Gasteiger partial charge in [0.15, 0.2) is 0 Å². The molecule has 0 amide bonds. The second-order valence-corrected chi connectivity index (χ2v) is 33.4. The fraction of sp³-hybridized carbons (Fsp3) is 0.846. The highest BCUT2D eigenvalue weighted by atomic mass is 14.4. The molecule has 4 rings (SSSR count). The molecule has 0 bridgehead atoms. The standard InChI is InChI=1S/C13H20.C12H18.C10H20.C10H22.C9H18.C9H20.C8H18.C7H16/c1-9-7-10(2)12(11(3)8-9)13(4,5)6;1-9-7-6-8-10(2)11(9)12(3,4)5;1-10(2,3)9-7-5-4-6-8-9;1-8(9(2,3)4)10(5,6)7;1-9(2,3)8-6-4-5-7-8;1-7(2)8(3)9(4,5)6;1-6-7(2)8(3,4)5;1-6(2)7(3,4)5/h7-8H,1-6H3;6-8H,1-5H3;9H,4-8H2,1-3H3;8H,1-7H3;8H,4-7H2,1-3H3;7-8H,1-6H3;7H,6H2,1-5H3;6H,1-5H3/i;;9D;3*8D;2D3,6D2,7D;6D. The number of hydrogen-bond acceptors (Lipinski definition) is 0. The molecule has 0 aromatic heterocycles. The molecule has 0 N–H and O–H groups in total. The van der Waals surface area contributed by atoms with Gasteiger partial charge in [-0.2, -0.15) is 0 Å². The highest BCUT2D eigenvalue weighted by Gasteiger charge is 2.31. The number of benzene rings is 2. The van der Waals surface area contributed by atoms with Gasteiger partial charge in [-0.25, -0.2) is 0 Å². The molecule has 0 heteroatoms. The predicted molar refractivity (Wildman–Crippen MR) is 366 cm³/mol. The Balaban J connectivity index is -0.000000466. The summed E-state index contributed by atoms with van der Waals surface area (Å²) in [6, 6.07) is 11.0. The smallest absolute Gasteiger partial charge is 0.0311 e. The summed E-state index contributed by atoms with van der Waals surface area (Å²) in [7, 11) is 0. The topological polar surface area (TPSA) is 0 Å². The molecule has 2 saturated carbocycles. The summed E-state index contributed by atoms with van der Waals surface area (Å²) in [4.78, 5) is 0. The Morgan fingerprint density at radius 3 is 0.897 bits per heavy atom. The van der Waals surface area contributed by atoms with E-state index in [2.05, 4.69) is 245 Å². The van der Waals surface area contributed by atoms with Gasteiger partial charge in [0.25, 0.3) is 0 Å². The zero-order valence-electron chi connectivity index (χ0n) is 71.8. The lowest BCUT2D eigenvalue weighted by molar-refractivity contribution is 0.121. The van der Waals surface area contributed by atoms with Gasteiger partial charge in [0.1, 0.15) is 0 Å². The maximum Gasteiger partial charge on any atom is 0.0311 e. The molecule has 464 valence electrons. The molecule has 0 radical (unpaired) electrons. The quantitative estimate of drug-likeness (QED) is 0.281. The normalized spacial score (nSPS) is 20.2. The molecule has 2 aromatic carbocycles. The highest BCUT2D eigenvalue weighted by Crippen LogP contribution is 2.41. The lowest BCUT2D eigenvalue weighted by Gasteiger charge is -2.38. The summed E-state index contributed by atoms with van der Waals surface area (Å²) in [6.45, 7) is 78.5. The van der Waals surface area contributed by atoms with Crippen LogP contribution < -0.4 is 0 Å². The van der Waals surface area contributed by atoms with E-state index in [9.17, 15) is 0 Å². The van der Waals surface area contributed by atoms with Gasteiger partial charge in [0.05, 0.1) is 0 Å². The van der Waals surface area contributed by atoms with Crippen molar-refractivity contribution in [2.75, 3.05) is 0 Å². The molecule has 78 heavy (non-hydrogen) atoms. The van der Waals surface area contributed by atoms with E-state index in [1.54, 1.807) is 20.8 Å². The Hall–Kier alpha value is -1.56. The molecule has 2 aliphatic carbocycles. The fourth-order valence-corrected chi connectivity index (χ4v) is 10.0. The Labute approximate surface area is 513 Å². The summed E-state index contributed by atoms with van der Waals surface area (Å²) in [6.07, 6.45) is 8.76. The van der Waals surface area contributed by atoms with E-state index < -0.39 is 24.5 Å². The second-order valence-electron chi connectivity index (χ2n) is 33.4. The monoisotopic (exact) mass is 1100 g/mol. The van der Waals surface area contributed by atoms with Crippen LogP contribution in [0.25, 0.3) is 0 Å². The molecule has 0 spiro atoms. The lowest BCUT2D eigenvalue weighted by atomic mass is 9.68. The van der Waals surface area contributed by atoms with Gasteiger partial charge < -0.3 is 0 Å². The van der Waals surface area contributed by atoms with Crippen LogP contribution in [0.5, 0.6) is 0 Å². The average Bonchev–Trinajstić information content (AvgIpc) is 3.71. The number of aryl methyl sites for hydroxylation is 5. The molecule has 2 atom stereocenters. The van der Waals surface area contributed by atoms with Crippen molar-refractivity contribution in [1.29, 1.82) is 0 Å². The van der Waals surface area contributed by atoms with Crippen molar-refractivity contribution < 1.29 is 15.1 Å². The Morgan fingerprint density at radius 1 is 0.462 bits per heavy atom. The SMILES string of the molecule is Cc1cc(C)c(C(C)(C)C)c(C)c1.Cc1cccc(C)c1C(C)(C)C.[2H]C(C)(C(C)(C)C)C(C)(C)C.[2H]C(C)(C(C)C)C(C)(C)C.[2H]C(C)(C)C(C)(C)C.[2H]C([2H])([2H])C([2H])(C([2H])([2H])C)C(C)(C)C.[2H]C1(C(C)(C)C)CCCC1.[2H]C1(C(C)(C)C)CCCCC1. The molecule has 0 nitrogen and oxygen atoms in total. The van der Waals surface area contributed by atoms with Gasteiger partial charge in [0, 0.05) is 15.1 Å². The molecule has 0 heterocycles. The molecular weight excluding hydrogens is 937 g/mol. The first kappa shape index (κ1) is 62.5. The summed E-state index contributed by atoms with van der Waals surface area (Å²) < 4.78 is 85.1. The van der Waals surface area contributed by atoms with Crippen LogP contribution in [0.15, 0.2) is 30.3 Å². The minimum Gasteiger partial charge on any atom is -0.0651 e. The van der Waals surface area contributed by atoms with Gasteiger partial charge in [-0.05, 0) is 184 Å². The third-order valence-corrected chi connectivity index (χ3v) is 16.2. The van der Waals surface area contributed by atoms with E-state index in [-0.39, 0.29) is 72.8 Å². The van der Waals surface area contributed by atoms with E-state index in [1.165, 1.54) is 71.0 Å². The van der Waals surface area contributed by atoms with Crippen molar-refractivity contribution >= 4 is 0 Å². The average molecular weight is 1100 g/mol. The molecular formula is C78H152. The van der Waals surface area contributed by atoms with Crippen LogP contribution in [0.3, 0.4) is 0 Å². The maximum absolute atomic E-state index is 8.27. The van der Waals surface area contributed by atoms with Crippen LogP contribution >= 0.6 is 0 Å². The van der Waals surface area contributed by atoms with E-state index in [0.717, 1.165) is 32.6 Å². The molecule has 2 aliphatic rings. The molecule has 0 saturated heterocycles. The van der Waals surface area contributed by atoms with Crippen LogP contribution in [0.4, 0.5) is 0 Å². The molecule has 0 aliphatic heterocycles. The van der Waals surface area contributed by atoms with Crippen molar-refractivity contribution in [2.45, 2.75) is 352 Å². The van der Waals surface area contributed by atoms with Gasteiger partial charge in [-0.1, -0.05) is 317 Å². The first-order chi connectivity index (χ1) is 38.4. The Bertz CT molecular complexity index is 2200. The number of rotatable bonds is 2. The van der Waals surface area contributed by atoms with E-state index in [0.29, 0.717) is 5.92 Å². The Kier molecular flexibility index (Phi) is 28.0. The van der Waals surface area contributed by atoms with E-state index in [1.807, 2.05) is 27.7 Å². The van der Waals surface area contributed by atoms with E-state index in [4.69, 9.17) is 15.1 Å². The van der Waals surface area contributed by atoms with Crippen LogP contribution in [0.1, 0.15) is 360 Å². The summed E-state index contributed by atoms with van der Waals surface area (Å²) in [5, 5.41) is 0. The fourth-order valence-electron chi connectivity index (χ4n) is 10.0. The minimum atomic E-state index is -2.64. The van der Waals surface area contributed by atoms with Gasteiger partial charge in [0.2, 0.25) is 0 Å². The summed E-state index contributed by atoms with van der Waals surface area (Å²) in [5.74, 6) is -2.93.